The van der Waals surface area contributed by atoms with Crippen LogP contribution in [0, 0.1) is 0 Å². The monoisotopic (exact) mass is 403 g/mol. The minimum atomic E-state index is -0.757. The van der Waals surface area contributed by atoms with Crippen LogP contribution >= 0.6 is 15.9 Å². The summed E-state index contributed by atoms with van der Waals surface area (Å²) in [6, 6.07) is 14.9. The number of aromatic nitrogens is 2. The molecule has 0 saturated carbocycles. The molecule has 0 unspecified atom stereocenters. The number of aliphatic hydroxyl groups excluding tert-OH is 1. The standard InChI is InChI=1S/C18H18BrN3O3/c19-12-5-7-14(8-6-12)25-11-13(23)10-22-16-4-2-1-3-15(16)21-18(22)9-17(20)24/h1-8,13,23H,9-11H2,(H2,20,24)/t13-/m1/s1. The van der Waals surface area contributed by atoms with Gasteiger partial charge in [-0.25, -0.2) is 4.98 Å². The maximum Gasteiger partial charge on any atom is 0.225 e. The SMILES string of the molecule is NC(=O)Cc1nc2ccccc2n1C[C@@H](O)COc1ccc(Br)cc1. The zero-order valence-corrected chi connectivity index (χ0v) is 15.0. The number of hydrogen-bond acceptors (Lipinski definition) is 4. The number of carbonyl (C=O) groups excluding carboxylic acids is 1. The predicted molar refractivity (Wildman–Crippen MR) is 98.3 cm³/mol. The first-order valence-electron chi connectivity index (χ1n) is 7.82. The lowest BCUT2D eigenvalue weighted by Crippen LogP contribution is -2.26. The number of benzene rings is 2. The Labute approximate surface area is 153 Å². The quantitative estimate of drug-likeness (QED) is 0.632. The molecule has 0 saturated heterocycles. The number of imidazole rings is 1. The molecule has 3 rings (SSSR count). The smallest absolute Gasteiger partial charge is 0.225 e. The van der Waals surface area contributed by atoms with Gasteiger partial charge in [0.2, 0.25) is 5.91 Å². The van der Waals surface area contributed by atoms with E-state index in [1.165, 1.54) is 0 Å². The van der Waals surface area contributed by atoms with Gasteiger partial charge in [0.05, 0.1) is 24.0 Å². The number of ether oxygens (including phenoxy) is 1. The summed E-state index contributed by atoms with van der Waals surface area (Å²) < 4.78 is 8.38. The first-order valence-corrected chi connectivity index (χ1v) is 8.61. The van der Waals surface area contributed by atoms with E-state index in [1.807, 2.05) is 53.1 Å². The maximum atomic E-state index is 11.3. The number of primary amides is 1. The lowest BCUT2D eigenvalue weighted by molar-refractivity contribution is -0.117. The molecule has 0 spiro atoms. The minimum Gasteiger partial charge on any atom is -0.491 e. The van der Waals surface area contributed by atoms with Gasteiger partial charge in [-0.15, -0.1) is 0 Å². The van der Waals surface area contributed by atoms with Gasteiger partial charge >= 0.3 is 0 Å². The van der Waals surface area contributed by atoms with E-state index in [0.717, 1.165) is 15.5 Å². The van der Waals surface area contributed by atoms with Crippen molar-refractivity contribution in [2.45, 2.75) is 19.1 Å². The highest BCUT2D eigenvalue weighted by atomic mass is 79.9. The number of para-hydroxylation sites is 2. The Kier molecular flexibility index (Phi) is 5.35. The summed E-state index contributed by atoms with van der Waals surface area (Å²) in [5, 5.41) is 10.4. The molecule has 0 aliphatic carbocycles. The highest BCUT2D eigenvalue weighted by Gasteiger charge is 2.16. The van der Waals surface area contributed by atoms with E-state index in [9.17, 15) is 9.90 Å². The molecule has 2 aromatic carbocycles. The average molecular weight is 404 g/mol. The normalized spacial score (nSPS) is 12.2. The summed E-state index contributed by atoms with van der Waals surface area (Å²) in [5.74, 6) is 0.753. The Morgan fingerprint density at radius 3 is 2.68 bits per heavy atom. The van der Waals surface area contributed by atoms with Crippen molar-refractivity contribution in [2.24, 2.45) is 5.73 Å². The molecule has 0 fully saturated rings. The molecule has 0 radical (unpaired) electrons. The van der Waals surface area contributed by atoms with Crippen LogP contribution in [0.15, 0.2) is 53.0 Å². The van der Waals surface area contributed by atoms with Crippen molar-refractivity contribution in [3.8, 4) is 5.75 Å². The number of nitrogens with two attached hydrogens (primary N) is 1. The summed E-state index contributed by atoms with van der Waals surface area (Å²) in [6.07, 6.45) is -0.734. The molecule has 1 heterocycles. The predicted octanol–water partition coefficient (Wildman–Crippen LogP) is 2.27. The average Bonchev–Trinajstić information content (AvgIpc) is 2.91. The van der Waals surface area contributed by atoms with Crippen molar-refractivity contribution in [1.29, 1.82) is 0 Å². The van der Waals surface area contributed by atoms with E-state index in [1.54, 1.807) is 0 Å². The van der Waals surface area contributed by atoms with E-state index in [4.69, 9.17) is 10.5 Å². The molecule has 0 aliphatic heterocycles. The number of rotatable bonds is 7. The van der Waals surface area contributed by atoms with E-state index in [2.05, 4.69) is 20.9 Å². The van der Waals surface area contributed by atoms with Gasteiger partial charge in [0.15, 0.2) is 0 Å². The van der Waals surface area contributed by atoms with E-state index < -0.39 is 12.0 Å². The fourth-order valence-electron chi connectivity index (χ4n) is 2.61. The lowest BCUT2D eigenvalue weighted by atomic mass is 10.3. The molecule has 3 N–H and O–H groups in total. The van der Waals surface area contributed by atoms with Crippen molar-refractivity contribution in [3.63, 3.8) is 0 Å². The number of aliphatic hydroxyl groups is 1. The summed E-state index contributed by atoms with van der Waals surface area (Å²) in [6.45, 7) is 0.393. The molecule has 1 atom stereocenters. The zero-order chi connectivity index (χ0) is 17.8. The van der Waals surface area contributed by atoms with Gasteiger partial charge in [-0.1, -0.05) is 28.1 Å². The molecule has 0 aliphatic rings. The van der Waals surface area contributed by atoms with Gasteiger partial charge in [0.1, 0.15) is 24.3 Å². The summed E-state index contributed by atoms with van der Waals surface area (Å²) in [5.41, 5.74) is 6.92. The van der Waals surface area contributed by atoms with Crippen LogP contribution in [0.1, 0.15) is 5.82 Å². The van der Waals surface area contributed by atoms with Gasteiger partial charge < -0.3 is 20.1 Å². The Morgan fingerprint density at radius 2 is 1.96 bits per heavy atom. The van der Waals surface area contributed by atoms with Crippen molar-refractivity contribution in [2.75, 3.05) is 6.61 Å². The lowest BCUT2D eigenvalue weighted by Gasteiger charge is -2.15. The van der Waals surface area contributed by atoms with Gasteiger partial charge in [0.25, 0.3) is 0 Å². The van der Waals surface area contributed by atoms with Crippen LogP contribution < -0.4 is 10.5 Å². The molecular formula is C18H18BrN3O3. The number of nitrogens with zero attached hydrogens (tertiary/aromatic N) is 2. The maximum absolute atomic E-state index is 11.3. The molecule has 6 nitrogen and oxygen atoms in total. The molecule has 0 bridgehead atoms. The van der Waals surface area contributed by atoms with E-state index >= 15 is 0 Å². The molecule has 3 aromatic rings. The van der Waals surface area contributed by atoms with Crippen molar-refractivity contribution in [1.82, 2.24) is 9.55 Å². The number of fused-ring (bicyclic) bond motifs is 1. The third-order valence-electron chi connectivity index (χ3n) is 3.72. The highest BCUT2D eigenvalue weighted by molar-refractivity contribution is 9.10. The molecular weight excluding hydrogens is 386 g/mol. The van der Waals surface area contributed by atoms with Gasteiger partial charge in [-0.3, -0.25) is 4.79 Å². The van der Waals surface area contributed by atoms with Gasteiger partial charge in [-0.05, 0) is 36.4 Å². The Bertz CT molecular complexity index is 877. The topological polar surface area (TPSA) is 90.4 Å². The van der Waals surface area contributed by atoms with Crippen molar-refractivity contribution < 1.29 is 14.6 Å². The fourth-order valence-corrected chi connectivity index (χ4v) is 2.87. The van der Waals surface area contributed by atoms with E-state index in [0.29, 0.717) is 11.6 Å². The van der Waals surface area contributed by atoms with Crippen molar-refractivity contribution in [3.05, 3.63) is 58.8 Å². The first-order chi connectivity index (χ1) is 12.0. The number of amides is 1. The summed E-state index contributed by atoms with van der Waals surface area (Å²) in [4.78, 5) is 15.7. The second-order valence-corrected chi connectivity index (χ2v) is 6.60. The highest BCUT2D eigenvalue weighted by Crippen LogP contribution is 2.19. The van der Waals surface area contributed by atoms with Crippen LogP contribution in [0.5, 0.6) is 5.75 Å². The van der Waals surface area contributed by atoms with Gasteiger partial charge in [-0.2, -0.15) is 0 Å². The number of halogens is 1. The van der Waals surface area contributed by atoms with Crippen LogP contribution in [0.3, 0.4) is 0 Å². The third-order valence-corrected chi connectivity index (χ3v) is 4.24. The van der Waals surface area contributed by atoms with E-state index in [-0.39, 0.29) is 19.6 Å². The van der Waals surface area contributed by atoms with Crippen LogP contribution in [0.25, 0.3) is 11.0 Å². The molecule has 130 valence electrons. The second-order valence-electron chi connectivity index (χ2n) is 5.69. The third kappa shape index (κ3) is 4.37. The first kappa shape index (κ1) is 17.4. The second kappa shape index (κ2) is 7.67. The Hall–Kier alpha value is -2.38. The Balaban J connectivity index is 1.74. The number of carbonyl (C=O) groups is 1. The molecule has 1 amide bonds. The van der Waals surface area contributed by atoms with Crippen LogP contribution in [-0.4, -0.2) is 33.3 Å². The summed E-state index contributed by atoms with van der Waals surface area (Å²) in [7, 11) is 0. The Morgan fingerprint density at radius 1 is 1.24 bits per heavy atom. The molecule has 25 heavy (non-hydrogen) atoms. The van der Waals surface area contributed by atoms with Gasteiger partial charge in [0, 0.05) is 4.47 Å². The summed E-state index contributed by atoms with van der Waals surface area (Å²) >= 11 is 3.36. The van der Waals surface area contributed by atoms with Crippen LogP contribution in [0.2, 0.25) is 0 Å². The minimum absolute atomic E-state index is 0.0228. The zero-order valence-electron chi connectivity index (χ0n) is 13.4. The van der Waals surface area contributed by atoms with Crippen LogP contribution in [0.4, 0.5) is 0 Å². The largest absolute Gasteiger partial charge is 0.491 e. The molecule has 7 heteroatoms. The number of hydrogen-bond donors (Lipinski definition) is 2. The molecule has 1 aromatic heterocycles. The van der Waals surface area contributed by atoms with Crippen LogP contribution in [-0.2, 0) is 17.8 Å². The van der Waals surface area contributed by atoms with Crippen molar-refractivity contribution >= 4 is 32.9 Å². The fraction of sp³-hybridized carbons (Fsp3) is 0.222.